The maximum absolute atomic E-state index is 12.5. The number of carbonyl (C=O) groups is 1. The molecule has 0 spiro atoms. The highest BCUT2D eigenvalue weighted by Gasteiger charge is 2.17. The lowest BCUT2D eigenvalue weighted by Gasteiger charge is -2.26. The Hall–Kier alpha value is -2.12. The number of nitrogens with one attached hydrogen (secondary N) is 1. The van der Waals surface area contributed by atoms with Gasteiger partial charge in [-0.15, -0.1) is 16.8 Å². The van der Waals surface area contributed by atoms with Crippen LogP contribution in [0.1, 0.15) is 54.7 Å². The number of amides is 1. The van der Waals surface area contributed by atoms with E-state index in [1.807, 2.05) is 13.0 Å². The minimum atomic E-state index is -0.0291. The van der Waals surface area contributed by atoms with Crippen LogP contribution in [0, 0.1) is 13.8 Å². The van der Waals surface area contributed by atoms with E-state index < -0.39 is 0 Å². The van der Waals surface area contributed by atoms with Crippen LogP contribution in [0.25, 0.3) is 0 Å². The smallest absolute Gasteiger partial charge is 0.230 e. The molecule has 31 heavy (non-hydrogen) atoms. The van der Waals surface area contributed by atoms with Crippen LogP contribution < -0.4 is 5.32 Å². The number of carbonyl (C=O) groups excluding carboxylic acids is 1. The standard InChI is InChI=1S/C24H35N5OS/c1-5-12-29-22(11-15-28-13-7-6-8-14-28)26-27-24(29)31-17-23(30)25-20(4)21-10-9-18(2)19(3)16-21/h5,9-10,16,20H,1,6-8,11-15,17H2,2-4H3,(H,25,30)/t20-/m0/s1. The van der Waals surface area contributed by atoms with E-state index in [-0.39, 0.29) is 11.9 Å². The highest BCUT2D eigenvalue weighted by atomic mass is 32.2. The fourth-order valence-electron chi connectivity index (χ4n) is 3.89. The van der Waals surface area contributed by atoms with Gasteiger partial charge >= 0.3 is 0 Å². The minimum Gasteiger partial charge on any atom is -0.349 e. The molecule has 1 aliphatic heterocycles. The van der Waals surface area contributed by atoms with Crippen molar-refractivity contribution in [2.75, 3.05) is 25.4 Å². The van der Waals surface area contributed by atoms with Gasteiger partial charge in [0.15, 0.2) is 5.16 Å². The van der Waals surface area contributed by atoms with Gasteiger partial charge in [-0.1, -0.05) is 42.5 Å². The number of likely N-dealkylation sites (tertiary alicyclic amines) is 1. The third-order valence-corrected chi connectivity index (χ3v) is 6.91. The Morgan fingerprint density at radius 3 is 2.71 bits per heavy atom. The largest absolute Gasteiger partial charge is 0.349 e. The molecule has 7 heteroatoms. The molecule has 1 atom stereocenters. The van der Waals surface area contributed by atoms with Crippen molar-refractivity contribution in [1.82, 2.24) is 25.0 Å². The third-order valence-electron chi connectivity index (χ3n) is 5.95. The van der Waals surface area contributed by atoms with Gasteiger partial charge in [-0.3, -0.25) is 4.79 Å². The van der Waals surface area contributed by atoms with Gasteiger partial charge in [0.25, 0.3) is 0 Å². The molecule has 2 heterocycles. The highest BCUT2D eigenvalue weighted by molar-refractivity contribution is 7.99. The van der Waals surface area contributed by atoms with E-state index in [1.165, 1.54) is 55.2 Å². The summed E-state index contributed by atoms with van der Waals surface area (Å²) in [6.07, 6.45) is 6.65. The second kappa shape index (κ2) is 11.5. The number of aryl methyl sites for hydroxylation is 2. The zero-order valence-electron chi connectivity index (χ0n) is 19.1. The Morgan fingerprint density at radius 2 is 2.00 bits per heavy atom. The van der Waals surface area contributed by atoms with E-state index in [4.69, 9.17) is 0 Å². The lowest BCUT2D eigenvalue weighted by Crippen LogP contribution is -2.32. The average molecular weight is 442 g/mol. The molecule has 0 bridgehead atoms. The first-order valence-electron chi connectivity index (χ1n) is 11.2. The van der Waals surface area contributed by atoms with Gasteiger partial charge in [-0.05, 0) is 63.4 Å². The number of allylic oxidation sites excluding steroid dienone is 1. The van der Waals surface area contributed by atoms with Gasteiger partial charge in [-0.25, -0.2) is 0 Å². The highest BCUT2D eigenvalue weighted by Crippen LogP contribution is 2.20. The van der Waals surface area contributed by atoms with E-state index in [9.17, 15) is 4.79 Å². The summed E-state index contributed by atoms with van der Waals surface area (Å²) in [4.78, 5) is 15.0. The topological polar surface area (TPSA) is 63.1 Å². The Bertz CT molecular complexity index is 888. The van der Waals surface area contributed by atoms with Crippen molar-refractivity contribution >= 4 is 17.7 Å². The molecule has 1 aromatic carbocycles. The summed E-state index contributed by atoms with van der Waals surface area (Å²) in [5.41, 5.74) is 3.62. The third kappa shape index (κ3) is 6.68. The Balaban J connectivity index is 1.54. The number of hydrogen-bond donors (Lipinski definition) is 1. The van der Waals surface area contributed by atoms with E-state index in [1.54, 1.807) is 0 Å². The van der Waals surface area contributed by atoms with Crippen LogP contribution in [0.3, 0.4) is 0 Å². The Labute approximate surface area is 190 Å². The second-order valence-corrected chi connectivity index (χ2v) is 9.31. The second-order valence-electron chi connectivity index (χ2n) is 8.37. The van der Waals surface area contributed by atoms with Crippen LogP contribution in [0.15, 0.2) is 36.0 Å². The van der Waals surface area contributed by atoms with Gasteiger partial charge < -0.3 is 14.8 Å². The molecular formula is C24H35N5OS. The predicted molar refractivity (Wildman–Crippen MR) is 127 cm³/mol. The quantitative estimate of drug-likeness (QED) is 0.445. The summed E-state index contributed by atoms with van der Waals surface area (Å²) in [5.74, 6) is 1.28. The predicted octanol–water partition coefficient (Wildman–Crippen LogP) is 4.08. The van der Waals surface area contributed by atoms with Crippen LogP contribution in [-0.2, 0) is 17.8 Å². The first kappa shape index (κ1) is 23.5. The van der Waals surface area contributed by atoms with Gasteiger partial charge in [0, 0.05) is 19.5 Å². The molecule has 6 nitrogen and oxygen atoms in total. The van der Waals surface area contributed by atoms with Gasteiger partial charge in [-0.2, -0.15) is 0 Å². The normalized spacial score (nSPS) is 15.6. The van der Waals surface area contributed by atoms with Crippen molar-refractivity contribution in [2.24, 2.45) is 0 Å². The molecule has 1 saturated heterocycles. The van der Waals surface area contributed by atoms with Gasteiger partial charge in [0.05, 0.1) is 11.8 Å². The maximum Gasteiger partial charge on any atom is 0.230 e. The van der Waals surface area contributed by atoms with Crippen LogP contribution in [0.4, 0.5) is 0 Å². The molecule has 1 amide bonds. The van der Waals surface area contributed by atoms with Crippen molar-refractivity contribution in [3.8, 4) is 0 Å². The molecule has 0 saturated carbocycles. The number of hydrogen-bond acceptors (Lipinski definition) is 5. The summed E-state index contributed by atoms with van der Waals surface area (Å²) in [6, 6.07) is 6.29. The summed E-state index contributed by atoms with van der Waals surface area (Å²) >= 11 is 1.44. The summed E-state index contributed by atoms with van der Waals surface area (Å²) in [6.45, 7) is 14.1. The zero-order valence-corrected chi connectivity index (χ0v) is 19.9. The number of nitrogens with zero attached hydrogens (tertiary/aromatic N) is 4. The average Bonchev–Trinajstić information content (AvgIpc) is 3.15. The van der Waals surface area contributed by atoms with Gasteiger partial charge in [0.2, 0.25) is 5.91 Å². The Morgan fingerprint density at radius 1 is 1.23 bits per heavy atom. The molecule has 1 fully saturated rings. The molecule has 1 aliphatic rings. The molecule has 0 unspecified atom stereocenters. The molecule has 3 rings (SSSR count). The molecule has 2 aromatic rings. The van der Waals surface area contributed by atoms with Crippen molar-refractivity contribution < 1.29 is 4.79 Å². The van der Waals surface area contributed by atoms with Crippen LogP contribution in [0.2, 0.25) is 0 Å². The fraction of sp³-hybridized carbons (Fsp3) is 0.542. The van der Waals surface area contributed by atoms with E-state index in [0.29, 0.717) is 12.3 Å². The molecule has 1 N–H and O–H groups in total. The number of benzene rings is 1. The SMILES string of the molecule is C=CCn1c(CCN2CCCCC2)nnc1SCC(=O)N[C@@H](C)c1ccc(C)c(C)c1. The summed E-state index contributed by atoms with van der Waals surface area (Å²) in [7, 11) is 0. The van der Waals surface area contributed by atoms with E-state index in [0.717, 1.165) is 29.5 Å². The van der Waals surface area contributed by atoms with Crippen molar-refractivity contribution in [3.63, 3.8) is 0 Å². The fourth-order valence-corrected chi connectivity index (χ4v) is 4.67. The Kier molecular flexibility index (Phi) is 8.72. The molecule has 168 valence electrons. The molecule has 1 aromatic heterocycles. The van der Waals surface area contributed by atoms with E-state index in [2.05, 4.69) is 63.6 Å². The summed E-state index contributed by atoms with van der Waals surface area (Å²) in [5, 5.41) is 12.6. The maximum atomic E-state index is 12.5. The first-order valence-corrected chi connectivity index (χ1v) is 12.2. The first-order chi connectivity index (χ1) is 15.0. The molecular weight excluding hydrogens is 406 g/mol. The minimum absolute atomic E-state index is 0.00116. The zero-order chi connectivity index (χ0) is 22.2. The van der Waals surface area contributed by atoms with E-state index >= 15 is 0 Å². The monoisotopic (exact) mass is 441 g/mol. The van der Waals surface area contributed by atoms with Crippen molar-refractivity contribution in [2.45, 2.75) is 64.2 Å². The molecule has 0 aliphatic carbocycles. The van der Waals surface area contributed by atoms with Crippen molar-refractivity contribution in [3.05, 3.63) is 53.4 Å². The van der Waals surface area contributed by atoms with Crippen LogP contribution >= 0.6 is 11.8 Å². The van der Waals surface area contributed by atoms with Crippen LogP contribution in [0.5, 0.6) is 0 Å². The van der Waals surface area contributed by atoms with Crippen LogP contribution in [-0.4, -0.2) is 51.0 Å². The lowest BCUT2D eigenvalue weighted by atomic mass is 10.0. The number of rotatable bonds is 10. The van der Waals surface area contributed by atoms with Gasteiger partial charge in [0.1, 0.15) is 5.82 Å². The molecule has 0 radical (unpaired) electrons. The van der Waals surface area contributed by atoms with Crippen molar-refractivity contribution in [1.29, 1.82) is 0 Å². The summed E-state index contributed by atoms with van der Waals surface area (Å²) < 4.78 is 2.08. The lowest BCUT2D eigenvalue weighted by molar-refractivity contribution is -0.119. The number of aromatic nitrogens is 3. The number of piperidine rings is 1. The number of thioether (sulfide) groups is 1.